The minimum atomic E-state index is -0.455. The lowest BCUT2D eigenvalue weighted by molar-refractivity contribution is -0.125. The molecular formula is C11H23ClN4O2. The molecule has 2 unspecified atom stereocenters. The van der Waals surface area contributed by atoms with E-state index >= 15 is 0 Å². The van der Waals surface area contributed by atoms with E-state index in [4.69, 9.17) is 0 Å². The molecule has 0 radical (unpaired) electrons. The van der Waals surface area contributed by atoms with Crippen LogP contribution in [0.1, 0.15) is 19.8 Å². The second kappa shape index (κ2) is 8.29. The summed E-state index contributed by atoms with van der Waals surface area (Å²) >= 11 is 0. The number of rotatable bonds is 3. The van der Waals surface area contributed by atoms with Gasteiger partial charge in [-0.1, -0.05) is 0 Å². The number of carbonyl (C=O) groups is 2. The first-order valence-corrected chi connectivity index (χ1v) is 6.02. The first kappa shape index (κ1) is 17.2. The summed E-state index contributed by atoms with van der Waals surface area (Å²) < 4.78 is 0. The normalized spacial score (nSPS) is 21.6. The molecule has 0 aliphatic carbocycles. The summed E-state index contributed by atoms with van der Waals surface area (Å²) in [7, 11) is 3.43. The highest BCUT2D eigenvalue weighted by molar-refractivity contribution is 5.96. The van der Waals surface area contributed by atoms with Crippen molar-refractivity contribution in [3.63, 3.8) is 0 Å². The topological polar surface area (TPSA) is 73.5 Å². The molecule has 1 heterocycles. The number of urea groups is 1. The Labute approximate surface area is 114 Å². The first-order chi connectivity index (χ1) is 8.08. The highest BCUT2D eigenvalue weighted by Crippen LogP contribution is 2.12. The average molecular weight is 279 g/mol. The average Bonchev–Trinajstić information content (AvgIpc) is 2.37. The first-order valence-electron chi connectivity index (χ1n) is 6.02. The van der Waals surface area contributed by atoms with Gasteiger partial charge in [0.25, 0.3) is 0 Å². The van der Waals surface area contributed by atoms with Crippen LogP contribution in [-0.2, 0) is 4.79 Å². The summed E-state index contributed by atoms with van der Waals surface area (Å²) in [6, 6.07) is -0.300. The Morgan fingerprint density at radius 3 is 2.56 bits per heavy atom. The molecule has 106 valence electrons. The van der Waals surface area contributed by atoms with Crippen molar-refractivity contribution in [1.29, 1.82) is 0 Å². The third-order valence-electron chi connectivity index (χ3n) is 3.25. The van der Waals surface area contributed by atoms with E-state index in [9.17, 15) is 9.59 Å². The van der Waals surface area contributed by atoms with Crippen molar-refractivity contribution in [1.82, 2.24) is 20.9 Å². The molecule has 6 nitrogen and oxygen atoms in total. The van der Waals surface area contributed by atoms with E-state index in [2.05, 4.69) is 20.9 Å². The lowest BCUT2D eigenvalue weighted by atomic mass is 10.0. The third-order valence-corrected chi connectivity index (χ3v) is 3.25. The van der Waals surface area contributed by atoms with Crippen LogP contribution in [0.4, 0.5) is 4.79 Å². The van der Waals surface area contributed by atoms with Crippen LogP contribution in [0.2, 0.25) is 0 Å². The number of nitrogens with zero attached hydrogens (tertiary/aromatic N) is 1. The van der Waals surface area contributed by atoms with Crippen molar-refractivity contribution < 1.29 is 9.59 Å². The van der Waals surface area contributed by atoms with Gasteiger partial charge >= 0.3 is 6.03 Å². The van der Waals surface area contributed by atoms with Crippen molar-refractivity contribution in [2.45, 2.75) is 31.8 Å². The molecule has 7 heteroatoms. The van der Waals surface area contributed by atoms with Crippen molar-refractivity contribution in [3.8, 4) is 0 Å². The van der Waals surface area contributed by atoms with Crippen molar-refractivity contribution in [2.75, 3.05) is 27.2 Å². The fourth-order valence-electron chi connectivity index (χ4n) is 2.04. The van der Waals surface area contributed by atoms with Crippen LogP contribution < -0.4 is 16.0 Å². The van der Waals surface area contributed by atoms with Gasteiger partial charge in [0.1, 0.15) is 0 Å². The van der Waals surface area contributed by atoms with Crippen molar-refractivity contribution in [2.24, 2.45) is 0 Å². The predicted octanol–water partition coefficient (Wildman–Crippen LogP) is -0.0639. The maximum Gasteiger partial charge on any atom is 0.321 e. The molecule has 1 saturated heterocycles. The number of imide groups is 1. The monoisotopic (exact) mass is 278 g/mol. The highest BCUT2D eigenvalue weighted by Gasteiger charge is 2.27. The number of nitrogens with one attached hydrogen (secondary N) is 3. The Bertz CT molecular complexity index is 288. The van der Waals surface area contributed by atoms with E-state index in [1.807, 2.05) is 14.0 Å². The number of amides is 3. The van der Waals surface area contributed by atoms with Gasteiger partial charge in [0.2, 0.25) is 5.91 Å². The van der Waals surface area contributed by atoms with Gasteiger partial charge in [-0.15, -0.1) is 12.4 Å². The third kappa shape index (κ3) is 4.80. The van der Waals surface area contributed by atoms with Gasteiger partial charge in [-0.2, -0.15) is 0 Å². The summed E-state index contributed by atoms with van der Waals surface area (Å²) in [6.45, 7) is 3.58. The van der Waals surface area contributed by atoms with Gasteiger partial charge in [-0.25, -0.2) is 4.79 Å². The van der Waals surface area contributed by atoms with E-state index in [-0.39, 0.29) is 24.4 Å². The molecule has 2 atom stereocenters. The van der Waals surface area contributed by atoms with Gasteiger partial charge < -0.3 is 10.6 Å². The minimum Gasteiger partial charge on any atom is -0.341 e. The Balaban J connectivity index is 0.00000289. The molecule has 18 heavy (non-hydrogen) atoms. The zero-order chi connectivity index (χ0) is 12.8. The lowest BCUT2D eigenvalue weighted by Gasteiger charge is -2.35. The molecule has 0 bridgehead atoms. The number of piperidine rings is 1. The summed E-state index contributed by atoms with van der Waals surface area (Å²) in [4.78, 5) is 24.9. The molecule has 0 aromatic carbocycles. The van der Waals surface area contributed by atoms with Crippen LogP contribution in [0.5, 0.6) is 0 Å². The van der Waals surface area contributed by atoms with Crippen molar-refractivity contribution in [3.05, 3.63) is 0 Å². The second-order valence-electron chi connectivity index (χ2n) is 4.37. The molecule has 1 aliphatic rings. The number of likely N-dealkylation sites (tertiary alicyclic amines) is 1. The standard InChI is InChI=1S/C11H22N4O2.ClH/c1-8(10(16)14-11(17)13-3)15-6-4-5-9(7-15)12-2;/h8-9,12H,4-7H2,1-3H3,(H2,13,14,16,17);1H. The van der Waals surface area contributed by atoms with Gasteiger partial charge in [0.15, 0.2) is 0 Å². The van der Waals surface area contributed by atoms with Gasteiger partial charge in [0, 0.05) is 19.6 Å². The van der Waals surface area contributed by atoms with Crippen LogP contribution in [0.3, 0.4) is 0 Å². The number of hydrogen-bond donors (Lipinski definition) is 3. The molecule has 3 N–H and O–H groups in total. The molecule has 1 aliphatic heterocycles. The van der Waals surface area contributed by atoms with Gasteiger partial charge in [-0.3, -0.25) is 15.0 Å². The molecule has 1 fully saturated rings. The second-order valence-corrected chi connectivity index (χ2v) is 4.37. The summed E-state index contributed by atoms with van der Waals surface area (Å²) in [5.74, 6) is -0.249. The fourth-order valence-corrected chi connectivity index (χ4v) is 2.04. The van der Waals surface area contributed by atoms with Crippen LogP contribution in [-0.4, -0.2) is 56.1 Å². The summed E-state index contributed by atoms with van der Waals surface area (Å²) in [5.41, 5.74) is 0. The fraction of sp³-hybridized carbons (Fsp3) is 0.818. The lowest BCUT2D eigenvalue weighted by Crippen LogP contribution is -2.54. The smallest absolute Gasteiger partial charge is 0.321 e. The van der Waals surface area contributed by atoms with E-state index in [0.29, 0.717) is 6.04 Å². The Morgan fingerprint density at radius 1 is 1.33 bits per heavy atom. The molecule has 0 aromatic heterocycles. The quantitative estimate of drug-likeness (QED) is 0.676. The van der Waals surface area contributed by atoms with Crippen molar-refractivity contribution >= 4 is 24.3 Å². The maximum absolute atomic E-state index is 11.8. The van der Waals surface area contributed by atoms with Crippen LogP contribution >= 0.6 is 12.4 Å². The largest absolute Gasteiger partial charge is 0.341 e. The minimum absolute atomic E-state index is 0. The summed E-state index contributed by atoms with van der Waals surface area (Å²) in [5, 5.41) is 7.91. The van der Waals surface area contributed by atoms with Crippen LogP contribution in [0.25, 0.3) is 0 Å². The van der Waals surface area contributed by atoms with E-state index < -0.39 is 6.03 Å². The van der Waals surface area contributed by atoms with E-state index in [1.54, 1.807) is 0 Å². The Kier molecular flexibility index (Phi) is 7.90. The molecule has 3 amide bonds. The summed E-state index contributed by atoms with van der Waals surface area (Å²) in [6.07, 6.45) is 2.21. The van der Waals surface area contributed by atoms with Gasteiger partial charge in [0.05, 0.1) is 6.04 Å². The zero-order valence-corrected chi connectivity index (χ0v) is 12.0. The predicted molar refractivity (Wildman–Crippen MR) is 73.0 cm³/mol. The molecular weight excluding hydrogens is 256 g/mol. The molecule has 0 aromatic rings. The number of likely N-dealkylation sites (N-methyl/N-ethyl adjacent to an activating group) is 1. The number of halogens is 1. The van der Waals surface area contributed by atoms with E-state index in [1.165, 1.54) is 7.05 Å². The zero-order valence-electron chi connectivity index (χ0n) is 11.2. The number of hydrogen-bond acceptors (Lipinski definition) is 4. The molecule has 0 saturated carbocycles. The highest BCUT2D eigenvalue weighted by atomic mass is 35.5. The van der Waals surface area contributed by atoms with Gasteiger partial charge in [-0.05, 0) is 33.4 Å². The maximum atomic E-state index is 11.8. The SMILES string of the molecule is CNC(=O)NC(=O)C(C)N1CCCC(NC)C1.Cl. The van der Waals surface area contributed by atoms with Crippen LogP contribution in [0.15, 0.2) is 0 Å². The van der Waals surface area contributed by atoms with Crippen LogP contribution in [0, 0.1) is 0 Å². The van der Waals surface area contributed by atoms with E-state index in [0.717, 1.165) is 25.9 Å². The Morgan fingerprint density at radius 2 is 2.00 bits per heavy atom. The molecule has 0 spiro atoms. The number of carbonyl (C=O) groups excluding carboxylic acids is 2. The molecule has 1 rings (SSSR count). The Hall–Kier alpha value is -0.850.